The van der Waals surface area contributed by atoms with E-state index in [2.05, 4.69) is 32.2 Å². The smallest absolute Gasteiger partial charge is 0.244 e. The lowest BCUT2D eigenvalue weighted by molar-refractivity contribution is -0.122. The Bertz CT molecular complexity index is 725. The molecule has 1 saturated heterocycles. The number of piperazine rings is 1. The Morgan fingerprint density at radius 3 is 2.62 bits per heavy atom. The molecule has 1 aliphatic rings. The number of rotatable bonds is 6. The molecule has 0 radical (unpaired) electrons. The highest BCUT2D eigenvalue weighted by Gasteiger charge is 2.26. The zero-order chi connectivity index (χ0) is 18.5. The summed E-state index contributed by atoms with van der Waals surface area (Å²) < 4.78 is 5.47. The van der Waals surface area contributed by atoms with Crippen molar-refractivity contribution in [3.05, 3.63) is 35.2 Å². The zero-order valence-corrected chi connectivity index (χ0v) is 15.9. The number of halogens is 1. The molecule has 140 valence electrons. The molecule has 1 N–H and O–H groups in total. The van der Waals surface area contributed by atoms with Crippen LogP contribution in [-0.2, 0) is 4.79 Å². The number of nitrogens with zero attached hydrogens (tertiary/aromatic N) is 4. The monoisotopic (exact) mass is 377 g/mol. The number of benzene rings is 1. The fraction of sp³-hybridized carbons (Fsp3) is 0.500. The summed E-state index contributed by atoms with van der Waals surface area (Å²) in [4.78, 5) is 20.7. The minimum atomic E-state index is 0.0372. The maximum Gasteiger partial charge on any atom is 0.244 e. The quantitative estimate of drug-likeness (QED) is 0.831. The van der Waals surface area contributed by atoms with E-state index in [-0.39, 0.29) is 11.9 Å². The fourth-order valence-corrected chi connectivity index (χ4v) is 3.17. The molecular weight excluding hydrogens is 354 g/mol. The largest absolute Gasteiger partial charge is 0.355 e. The second-order valence-electron chi connectivity index (χ2n) is 6.40. The van der Waals surface area contributed by atoms with Crippen molar-refractivity contribution >= 4 is 17.5 Å². The Morgan fingerprint density at radius 1 is 1.27 bits per heavy atom. The first-order valence-electron chi connectivity index (χ1n) is 8.89. The van der Waals surface area contributed by atoms with E-state index >= 15 is 0 Å². The van der Waals surface area contributed by atoms with Gasteiger partial charge in [-0.1, -0.05) is 16.8 Å². The number of hydrogen-bond donors (Lipinski definition) is 1. The summed E-state index contributed by atoms with van der Waals surface area (Å²) in [5, 5.41) is 7.60. The summed E-state index contributed by atoms with van der Waals surface area (Å²) in [6.45, 7) is 8.54. The van der Waals surface area contributed by atoms with Gasteiger partial charge in [-0.25, -0.2) is 0 Å². The third-order valence-corrected chi connectivity index (χ3v) is 4.85. The topological polar surface area (TPSA) is 74.5 Å². The highest BCUT2D eigenvalue weighted by Crippen LogP contribution is 2.24. The Balaban J connectivity index is 1.56. The molecule has 1 atom stereocenters. The molecule has 0 aliphatic carbocycles. The van der Waals surface area contributed by atoms with Crippen LogP contribution in [-0.4, -0.2) is 65.1 Å². The van der Waals surface area contributed by atoms with Gasteiger partial charge in [0.25, 0.3) is 0 Å². The van der Waals surface area contributed by atoms with Crippen LogP contribution in [0, 0.1) is 0 Å². The SMILES string of the molecule is CCNC(=O)CN1CCN(C(C)c2nc(-c3ccc(Cl)cc3)no2)CC1. The first kappa shape index (κ1) is 18.8. The highest BCUT2D eigenvalue weighted by molar-refractivity contribution is 6.30. The summed E-state index contributed by atoms with van der Waals surface area (Å²) >= 11 is 5.92. The van der Waals surface area contributed by atoms with Gasteiger partial charge in [-0.05, 0) is 38.1 Å². The van der Waals surface area contributed by atoms with Gasteiger partial charge in [0, 0.05) is 43.3 Å². The summed E-state index contributed by atoms with van der Waals surface area (Å²) in [5.41, 5.74) is 0.878. The summed E-state index contributed by atoms with van der Waals surface area (Å²) in [6.07, 6.45) is 0. The van der Waals surface area contributed by atoms with Crippen molar-refractivity contribution < 1.29 is 9.32 Å². The third kappa shape index (κ3) is 4.60. The molecule has 8 heteroatoms. The second kappa shape index (κ2) is 8.62. The number of carbonyl (C=O) groups is 1. The van der Waals surface area contributed by atoms with E-state index in [9.17, 15) is 4.79 Å². The van der Waals surface area contributed by atoms with Gasteiger partial charge in [0.15, 0.2) is 0 Å². The molecule has 0 spiro atoms. The van der Waals surface area contributed by atoms with Gasteiger partial charge in [0.1, 0.15) is 0 Å². The lowest BCUT2D eigenvalue weighted by Gasteiger charge is -2.36. The van der Waals surface area contributed by atoms with Crippen LogP contribution < -0.4 is 5.32 Å². The molecule has 1 fully saturated rings. The Hall–Kier alpha value is -1.96. The van der Waals surface area contributed by atoms with Gasteiger partial charge >= 0.3 is 0 Å². The first-order chi connectivity index (χ1) is 12.6. The third-order valence-electron chi connectivity index (χ3n) is 4.60. The average Bonchev–Trinajstić information content (AvgIpc) is 3.12. The average molecular weight is 378 g/mol. The molecule has 2 heterocycles. The molecule has 7 nitrogen and oxygen atoms in total. The van der Waals surface area contributed by atoms with Crippen molar-refractivity contribution in [3.63, 3.8) is 0 Å². The molecule has 0 saturated carbocycles. The van der Waals surface area contributed by atoms with E-state index in [4.69, 9.17) is 16.1 Å². The standard InChI is InChI=1S/C18H24ClN5O2/c1-3-20-16(25)12-23-8-10-24(11-9-23)13(2)18-21-17(22-26-18)14-4-6-15(19)7-5-14/h4-7,13H,3,8-12H2,1-2H3,(H,20,25). The Labute approximate surface area is 158 Å². The zero-order valence-electron chi connectivity index (χ0n) is 15.1. The molecule has 1 aromatic carbocycles. The predicted molar refractivity (Wildman–Crippen MR) is 99.9 cm³/mol. The lowest BCUT2D eigenvalue weighted by Crippen LogP contribution is -2.50. The Kier molecular flexibility index (Phi) is 6.24. The Morgan fingerprint density at radius 2 is 1.96 bits per heavy atom. The van der Waals surface area contributed by atoms with E-state index in [0.717, 1.165) is 31.7 Å². The van der Waals surface area contributed by atoms with Gasteiger partial charge in [-0.3, -0.25) is 14.6 Å². The summed E-state index contributed by atoms with van der Waals surface area (Å²) in [7, 11) is 0. The summed E-state index contributed by atoms with van der Waals surface area (Å²) in [6, 6.07) is 7.41. The van der Waals surface area contributed by atoms with E-state index in [1.165, 1.54) is 0 Å². The number of carbonyl (C=O) groups excluding carboxylic acids is 1. The molecule has 26 heavy (non-hydrogen) atoms. The minimum absolute atomic E-state index is 0.0372. The van der Waals surface area contributed by atoms with Gasteiger partial charge in [0.05, 0.1) is 12.6 Å². The van der Waals surface area contributed by atoms with Gasteiger partial charge in [0.2, 0.25) is 17.6 Å². The van der Waals surface area contributed by atoms with Crippen molar-refractivity contribution in [1.82, 2.24) is 25.3 Å². The number of amides is 1. The molecule has 0 bridgehead atoms. The second-order valence-corrected chi connectivity index (χ2v) is 6.84. The maximum absolute atomic E-state index is 11.7. The molecule has 1 amide bonds. The molecule has 2 aromatic rings. The summed E-state index contributed by atoms with van der Waals surface area (Å²) in [5.74, 6) is 1.25. The first-order valence-corrected chi connectivity index (χ1v) is 9.27. The van der Waals surface area contributed by atoms with E-state index in [0.29, 0.717) is 29.8 Å². The molecular formula is C18H24ClN5O2. The minimum Gasteiger partial charge on any atom is -0.355 e. The van der Waals surface area contributed by atoms with Crippen LogP contribution in [0.5, 0.6) is 0 Å². The van der Waals surface area contributed by atoms with Crippen molar-refractivity contribution in [2.24, 2.45) is 0 Å². The maximum atomic E-state index is 11.7. The van der Waals surface area contributed by atoms with Crippen LogP contribution in [0.2, 0.25) is 5.02 Å². The van der Waals surface area contributed by atoms with Crippen LogP contribution >= 0.6 is 11.6 Å². The lowest BCUT2D eigenvalue weighted by atomic mass is 10.2. The molecule has 1 aliphatic heterocycles. The van der Waals surface area contributed by atoms with Crippen LogP contribution in [0.1, 0.15) is 25.8 Å². The van der Waals surface area contributed by atoms with Crippen LogP contribution in [0.3, 0.4) is 0 Å². The van der Waals surface area contributed by atoms with E-state index in [1.807, 2.05) is 31.2 Å². The predicted octanol–water partition coefficient (Wildman–Crippen LogP) is 2.20. The van der Waals surface area contributed by atoms with E-state index < -0.39 is 0 Å². The van der Waals surface area contributed by atoms with Gasteiger partial charge < -0.3 is 9.84 Å². The number of aromatic nitrogens is 2. The molecule has 3 rings (SSSR count). The molecule has 1 aromatic heterocycles. The van der Waals surface area contributed by atoms with Crippen molar-refractivity contribution in [3.8, 4) is 11.4 Å². The van der Waals surface area contributed by atoms with Gasteiger partial charge in [-0.15, -0.1) is 0 Å². The van der Waals surface area contributed by atoms with Crippen LogP contribution in [0.15, 0.2) is 28.8 Å². The van der Waals surface area contributed by atoms with Crippen molar-refractivity contribution in [2.75, 3.05) is 39.3 Å². The molecule has 1 unspecified atom stereocenters. The van der Waals surface area contributed by atoms with E-state index in [1.54, 1.807) is 0 Å². The van der Waals surface area contributed by atoms with Crippen molar-refractivity contribution in [2.45, 2.75) is 19.9 Å². The van der Waals surface area contributed by atoms with Crippen LogP contribution in [0.4, 0.5) is 0 Å². The van der Waals surface area contributed by atoms with Crippen molar-refractivity contribution in [1.29, 1.82) is 0 Å². The van der Waals surface area contributed by atoms with Gasteiger partial charge in [-0.2, -0.15) is 4.98 Å². The number of hydrogen-bond acceptors (Lipinski definition) is 6. The normalized spacial score (nSPS) is 17.2. The van der Waals surface area contributed by atoms with Crippen LogP contribution in [0.25, 0.3) is 11.4 Å². The highest BCUT2D eigenvalue weighted by atomic mass is 35.5. The fourth-order valence-electron chi connectivity index (χ4n) is 3.04. The number of nitrogens with one attached hydrogen (secondary N) is 1. The number of likely N-dealkylation sites (N-methyl/N-ethyl adjacent to an activating group) is 1.